The van der Waals surface area contributed by atoms with Gasteiger partial charge >= 0.3 is 0 Å². The zero-order valence-electron chi connectivity index (χ0n) is 19.2. The van der Waals surface area contributed by atoms with Gasteiger partial charge in [0.25, 0.3) is 0 Å². The highest BCUT2D eigenvalue weighted by atomic mass is 32.2. The van der Waals surface area contributed by atoms with Crippen molar-refractivity contribution in [2.24, 2.45) is 5.92 Å². The van der Waals surface area contributed by atoms with Gasteiger partial charge in [-0.05, 0) is 48.9 Å². The minimum atomic E-state index is -3.77. The number of carbonyl (C=O) groups is 1. The second kappa shape index (κ2) is 10.4. The fraction of sp³-hybridized carbons (Fsp3) is 0.458. The molecule has 0 aliphatic carbocycles. The van der Waals surface area contributed by atoms with Crippen LogP contribution in [0.2, 0.25) is 0 Å². The van der Waals surface area contributed by atoms with E-state index < -0.39 is 15.9 Å². The van der Waals surface area contributed by atoms with Gasteiger partial charge < -0.3 is 14.8 Å². The standard InChI is InChI=1S/C24H32N2O5S/c1-5-17-9-7-10-18(6-2)23(17)25-24(27)19-11-8-14-26(16-19)32(28,29)20-12-13-21(30-3)22(15-20)31-4/h7,9-10,12-13,15,19H,5-6,8,11,14,16H2,1-4H3,(H,25,27). The van der Waals surface area contributed by atoms with E-state index in [0.29, 0.717) is 30.9 Å². The van der Waals surface area contributed by atoms with Gasteiger partial charge in [0, 0.05) is 24.8 Å². The number of rotatable bonds is 8. The number of aryl methyl sites for hydroxylation is 2. The first-order valence-corrected chi connectivity index (χ1v) is 12.4. The normalized spacial score (nSPS) is 17.1. The molecule has 8 heteroatoms. The topological polar surface area (TPSA) is 84.9 Å². The Bertz CT molecular complexity index is 1050. The van der Waals surface area contributed by atoms with Crippen LogP contribution in [-0.2, 0) is 27.7 Å². The Labute approximate surface area is 190 Å². The van der Waals surface area contributed by atoms with Crippen molar-refractivity contribution in [2.45, 2.75) is 44.4 Å². The molecule has 1 amide bonds. The lowest BCUT2D eigenvalue weighted by atomic mass is 9.97. The molecule has 2 aromatic rings. The number of piperidine rings is 1. The van der Waals surface area contributed by atoms with Crippen LogP contribution in [0.1, 0.15) is 37.8 Å². The third-order valence-corrected chi connectivity index (χ3v) is 7.86. The number of amides is 1. The van der Waals surface area contributed by atoms with Gasteiger partial charge in [0.2, 0.25) is 15.9 Å². The van der Waals surface area contributed by atoms with E-state index in [1.807, 2.05) is 18.2 Å². The highest BCUT2D eigenvalue weighted by Gasteiger charge is 2.34. The number of sulfonamides is 1. The van der Waals surface area contributed by atoms with Crippen molar-refractivity contribution in [3.63, 3.8) is 0 Å². The molecule has 0 spiro atoms. The van der Waals surface area contributed by atoms with Gasteiger partial charge in [0.05, 0.1) is 25.0 Å². The lowest BCUT2D eigenvalue weighted by Gasteiger charge is -2.31. The summed E-state index contributed by atoms with van der Waals surface area (Å²) in [6, 6.07) is 10.6. The molecule has 32 heavy (non-hydrogen) atoms. The summed E-state index contributed by atoms with van der Waals surface area (Å²) in [4.78, 5) is 13.3. The molecule has 1 aliphatic rings. The van der Waals surface area contributed by atoms with E-state index in [9.17, 15) is 13.2 Å². The monoisotopic (exact) mass is 460 g/mol. The molecule has 1 fully saturated rings. The molecule has 0 radical (unpaired) electrons. The van der Waals surface area contributed by atoms with E-state index in [1.54, 1.807) is 6.07 Å². The molecule has 1 atom stereocenters. The summed E-state index contributed by atoms with van der Waals surface area (Å²) in [5.74, 6) is 0.271. The Hall–Kier alpha value is -2.58. The van der Waals surface area contributed by atoms with Crippen LogP contribution in [0.5, 0.6) is 11.5 Å². The predicted octanol–water partition coefficient (Wildman–Crippen LogP) is 3.87. The summed E-state index contributed by atoms with van der Waals surface area (Å²) in [5, 5.41) is 3.10. The first-order valence-electron chi connectivity index (χ1n) is 11.0. The number of anilines is 1. The number of para-hydroxylation sites is 1. The van der Waals surface area contributed by atoms with Crippen LogP contribution in [0.3, 0.4) is 0 Å². The SMILES string of the molecule is CCc1cccc(CC)c1NC(=O)C1CCCN(S(=O)(=O)c2ccc(OC)c(OC)c2)C1. The summed E-state index contributed by atoms with van der Waals surface area (Å²) >= 11 is 0. The third kappa shape index (κ3) is 4.91. The summed E-state index contributed by atoms with van der Waals surface area (Å²) in [5.41, 5.74) is 3.04. The lowest BCUT2D eigenvalue weighted by molar-refractivity contribution is -0.120. The van der Waals surface area contributed by atoms with Gasteiger partial charge in [0.15, 0.2) is 11.5 Å². The maximum absolute atomic E-state index is 13.3. The Balaban J connectivity index is 1.80. The number of ether oxygens (including phenoxy) is 2. The quantitative estimate of drug-likeness (QED) is 0.646. The summed E-state index contributed by atoms with van der Waals surface area (Å²) < 4.78 is 38.4. The summed E-state index contributed by atoms with van der Waals surface area (Å²) in [6.45, 7) is 4.65. The third-order valence-electron chi connectivity index (χ3n) is 5.99. The summed E-state index contributed by atoms with van der Waals surface area (Å²) in [7, 11) is -0.800. The van der Waals surface area contributed by atoms with Crippen LogP contribution in [0, 0.1) is 5.92 Å². The number of nitrogens with zero attached hydrogens (tertiary/aromatic N) is 1. The fourth-order valence-corrected chi connectivity index (χ4v) is 5.67. The van der Waals surface area contributed by atoms with Crippen molar-refractivity contribution >= 4 is 21.6 Å². The Kier molecular flexibility index (Phi) is 7.79. The van der Waals surface area contributed by atoms with Crippen molar-refractivity contribution < 1.29 is 22.7 Å². The second-order valence-corrected chi connectivity index (χ2v) is 9.80. The van der Waals surface area contributed by atoms with Crippen molar-refractivity contribution in [2.75, 3.05) is 32.6 Å². The fourth-order valence-electron chi connectivity index (χ4n) is 4.13. The smallest absolute Gasteiger partial charge is 0.243 e. The molecule has 0 saturated carbocycles. The first kappa shape index (κ1) is 24.1. The number of carbonyl (C=O) groups excluding carboxylic acids is 1. The maximum atomic E-state index is 13.3. The van der Waals surface area contributed by atoms with Crippen LogP contribution in [0.4, 0.5) is 5.69 Å². The van der Waals surface area contributed by atoms with Crippen LogP contribution in [0.25, 0.3) is 0 Å². The van der Waals surface area contributed by atoms with Crippen LogP contribution >= 0.6 is 0 Å². The Morgan fingerprint density at radius 1 is 1.06 bits per heavy atom. The molecule has 1 unspecified atom stereocenters. The molecule has 2 aromatic carbocycles. The minimum Gasteiger partial charge on any atom is -0.493 e. The molecular formula is C24H32N2O5S. The molecule has 0 bridgehead atoms. The predicted molar refractivity (Wildman–Crippen MR) is 125 cm³/mol. The zero-order valence-corrected chi connectivity index (χ0v) is 20.0. The van der Waals surface area contributed by atoms with Gasteiger partial charge in [-0.25, -0.2) is 8.42 Å². The van der Waals surface area contributed by atoms with Crippen molar-refractivity contribution in [3.05, 3.63) is 47.5 Å². The van der Waals surface area contributed by atoms with Crippen molar-refractivity contribution in [1.29, 1.82) is 0 Å². The van der Waals surface area contributed by atoms with Gasteiger partial charge in [-0.1, -0.05) is 32.0 Å². The van der Waals surface area contributed by atoms with Crippen molar-refractivity contribution in [1.82, 2.24) is 4.31 Å². The lowest BCUT2D eigenvalue weighted by Crippen LogP contribution is -2.43. The second-order valence-electron chi connectivity index (χ2n) is 7.87. The van der Waals surface area contributed by atoms with Crippen LogP contribution in [-0.4, -0.2) is 45.9 Å². The van der Waals surface area contributed by atoms with Gasteiger partial charge in [-0.15, -0.1) is 0 Å². The average molecular weight is 461 g/mol. The highest BCUT2D eigenvalue weighted by molar-refractivity contribution is 7.89. The number of methoxy groups -OCH3 is 2. The molecule has 1 saturated heterocycles. The molecule has 1 aliphatic heterocycles. The van der Waals surface area contributed by atoms with E-state index in [-0.39, 0.29) is 17.3 Å². The van der Waals surface area contributed by atoms with Crippen molar-refractivity contribution in [3.8, 4) is 11.5 Å². The molecule has 7 nitrogen and oxygen atoms in total. The van der Waals surface area contributed by atoms with Gasteiger partial charge in [0.1, 0.15) is 0 Å². The summed E-state index contributed by atoms with van der Waals surface area (Å²) in [6.07, 6.45) is 2.90. The molecule has 1 N–H and O–H groups in total. The highest BCUT2D eigenvalue weighted by Crippen LogP contribution is 2.32. The van der Waals surface area contributed by atoms with Gasteiger partial charge in [-0.3, -0.25) is 4.79 Å². The van der Waals surface area contributed by atoms with Crippen LogP contribution in [0.15, 0.2) is 41.3 Å². The number of hydrogen-bond acceptors (Lipinski definition) is 5. The largest absolute Gasteiger partial charge is 0.493 e. The van der Waals surface area contributed by atoms with E-state index in [1.165, 1.54) is 30.7 Å². The minimum absolute atomic E-state index is 0.126. The number of nitrogens with one attached hydrogen (secondary N) is 1. The molecular weight excluding hydrogens is 428 g/mol. The Morgan fingerprint density at radius 3 is 2.31 bits per heavy atom. The van der Waals surface area contributed by atoms with E-state index in [0.717, 1.165) is 29.7 Å². The van der Waals surface area contributed by atoms with E-state index >= 15 is 0 Å². The first-order chi connectivity index (χ1) is 15.3. The Morgan fingerprint density at radius 2 is 1.72 bits per heavy atom. The zero-order chi connectivity index (χ0) is 23.3. The molecule has 174 valence electrons. The van der Waals surface area contributed by atoms with Crippen LogP contribution < -0.4 is 14.8 Å². The average Bonchev–Trinajstić information content (AvgIpc) is 2.83. The maximum Gasteiger partial charge on any atom is 0.243 e. The van der Waals surface area contributed by atoms with Gasteiger partial charge in [-0.2, -0.15) is 4.31 Å². The number of benzene rings is 2. The molecule has 3 rings (SSSR count). The molecule has 1 heterocycles. The van der Waals surface area contributed by atoms with E-state index in [2.05, 4.69) is 19.2 Å². The number of hydrogen-bond donors (Lipinski definition) is 1. The molecule has 0 aromatic heterocycles. The van der Waals surface area contributed by atoms with E-state index in [4.69, 9.17) is 9.47 Å².